The number of nitrogens with zero attached hydrogens (tertiary/aromatic N) is 3. The molecular formula is C23H32N4O. The molecule has 2 heterocycles. The van der Waals surface area contributed by atoms with Crippen molar-refractivity contribution >= 4 is 16.9 Å². The van der Waals surface area contributed by atoms with Crippen LogP contribution in [0.25, 0.3) is 10.9 Å². The van der Waals surface area contributed by atoms with Gasteiger partial charge in [-0.25, -0.2) is 4.79 Å². The van der Waals surface area contributed by atoms with Gasteiger partial charge in [-0.3, -0.25) is 0 Å². The monoisotopic (exact) mass is 380 g/mol. The van der Waals surface area contributed by atoms with Crippen molar-refractivity contribution in [3.8, 4) is 0 Å². The lowest BCUT2D eigenvalue weighted by Crippen LogP contribution is -2.56. The van der Waals surface area contributed by atoms with Crippen molar-refractivity contribution in [3.63, 3.8) is 0 Å². The molecule has 1 aromatic carbocycles. The minimum absolute atomic E-state index is 0.0636. The maximum atomic E-state index is 12.6. The van der Waals surface area contributed by atoms with Gasteiger partial charge in [0.25, 0.3) is 0 Å². The van der Waals surface area contributed by atoms with E-state index < -0.39 is 0 Å². The van der Waals surface area contributed by atoms with E-state index in [-0.39, 0.29) is 12.1 Å². The molecule has 1 N–H and O–H groups in total. The van der Waals surface area contributed by atoms with Gasteiger partial charge >= 0.3 is 6.03 Å². The van der Waals surface area contributed by atoms with Crippen molar-refractivity contribution in [1.82, 2.24) is 19.7 Å². The molecule has 0 spiro atoms. The normalized spacial score (nSPS) is 24.0. The number of fused-ring (bicyclic) bond motifs is 2. The van der Waals surface area contributed by atoms with Crippen LogP contribution < -0.4 is 5.32 Å². The third kappa shape index (κ3) is 3.12. The summed E-state index contributed by atoms with van der Waals surface area (Å²) >= 11 is 0. The Morgan fingerprint density at radius 2 is 2.14 bits per heavy atom. The quantitative estimate of drug-likeness (QED) is 0.806. The number of amides is 2. The summed E-state index contributed by atoms with van der Waals surface area (Å²) in [5.74, 6) is 0.455. The molecule has 0 bridgehead atoms. The third-order valence-corrected chi connectivity index (χ3v) is 6.63. The fourth-order valence-corrected chi connectivity index (χ4v) is 5.29. The van der Waals surface area contributed by atoms with Crippen LogP contribution in [0.3, 0.4) is 0 Å². The zero-order valence-electron chi connectivity index (χ0n) is 17.3. The van der Waals surface area contributed by atoms with Gasteiger partial charge in [-0.2, -0.15) is 0 Å². The highest BCUT2D eigenvalue weighted by molar-refractivity contribution is 5.89. The topological polar surface area (TPSA) is 40.5 Å². The zero-order valence-corrected chi connectivity index (χ0v) is 17.3. The number of nitrogens with one attached hydrogen (secondary N) is 1. The lowest BCUT2D eigenvalue weighted by molar-refractivity contribution is 0.124. The predicted molar refractivity (Wildman–Crippen MR) is 115 cm³/mol. The molecule has 5 nitrogen and oxygen atoms in total. The minimum atomic E-state index is 0.0636. The van der Waals surface area contributed by atoms with E-state index in [4.69, 9.17) is 0 Å². The van der Waals surface area contributed by atoms with Gasteiger partial charge in [-0.1, -0.05) is 18.2 Å². The first-order chi connectivity index (χ1) is 13.6. The smallest absolute Gasteiger partial charge is 0.317 e. The number of likely N-dealkylation sites (N-methyl/N-ethyl adjacent to an activating group) is 1. The summed E-state index contributed by atoms with van der Waals surface area (Å²) in [4.78, 5) is 16.9. The largest absolute Gasteiger partial charge is 0.343 e. The first kappa shape index (κ1) is 19.1. The summed E-state index contributed by atoms with van der Waals surface area (Å²) < 4.78 is 2.32. The second-order valence-electron chi connectivity index (χ2n) is 8.21. The molecule has 1 aliphatic carbocycles. The van der Waals surface area contributed by atoms with Crippen LogP contribution >= 0.6 is 0 Å². The van der Waals surface area contributed by atoms with E-state index in [0.717, 1.165) is 39.0 Å². The summed E-state index contributed by atoms with van der Waals surface area (Å²) in [5, 5.41) is 4.72. The molecule has 1 saturated heterocycles. The Bertz CT molecular complexity index is 882. The Morgan fingerprint density at radius 1 is 1.36 bits per heavy atom. The van der Waals surface area contributed by atoms with Crippen LogP contribution in [0.5, 0.6) is 0 Å². The highest BCUT2D eigenvalue weighted by Crippen LogP contribution is 2.43. The molecule has 0 saturated carbocycles. The van der Waals surface area contributed by atoms with E-state index in [0.29, 0.717) is 12.0 Å². The van der Waals surface area contributed by atoms with Crippen molar-refractivity contribution in [2.45, 2.75) is 51.2 Å². The fourth-order valence-electron chi connectivity index (χ4n) is 5.29. The number of aromatic nitrogens is 1. The standard InChI is InChI=1S/C23H32N4O/c1-5-11-27-14-16-12-21-19(18-9-8-10-20(27)22(16)18)13-17(15-25(21)4)24-23(28)26(6-2)7-3/h5,8-10,14,17,19,21H,1,6-7,11-13,15H2,2-4H3,(H,24,28)/t17-,19+,21+/m0/s1. The summed E-state index contributed by atoms with van der Waals surface area (Å²) in [6.07, 6.45) is 6.36. The number of carbonyl (C=O) groups excluding carboxylic acids is 1. The highest BCUT2D eigenvalue weighted by Gasteiger charge is 2.40. The van der Waals surface area contributed by atoms with Crippen LogP contribution in [0, 0.1) is 0 Å². The first-order valence-corrected chi connectivity index (χ1v) is 10.5. The first-order valence-electron chi connectivity index (χ1n) is 10.5. The molecule has 1 aromatic heterocycles. The van der Waals surface area contributed by atoms with Gasteiger partial charge in [-0.05, 0) is 50.9 Å². The minimum Gasteiger partial charge on any atom is -0.343 e. The Morgan fingerprint density at radius 3 is 2.86 bits per heavy atom. The maximum Gasteiger partial charge on any atom is 0.317 e. The SMILES string of the molecule is C=CCn1cc2c3c(cccc31)[C@H]1C[C@H](NC(=O)N(CC)CC)CN(C)[C@@H]1C2. The van der Waals surface area contributed by atoms with Crippen molar-refractivity contribution in [2.24, 2.45) is 0 Å². The van der Waals surface area contributed by atoms with Gasteiger partial charge in [-0.15, -0.1) is 6.58 Å². The van der Waals surface area contributed by atoms with Gasteiger partial charge in [0.1, 0.15) is 0 Å². The van der Waals surface area contributed by atoms with Crippen LogP contribution in [0.15, 0.2) is 37.1 Å². The van der Waals surface area contributed by atoms with Gasteiger partial charge < -0.3 is 19.7 Å². The number of urea groups is 1. The van der Waals surface area contributed by atoms with E-state index in [1.807, 2.05) is 24.8 Å². The lowest BCUT2D eigenvalue weighted by Gasteiger charge is -2.45. The van der Waals surface area contributed by atoms with Crippen molar-refractivity contribution < 1.29 is 4.79 Å². The summed E-state index contributed by atoms with van der Waals surface area (Å²) in [5.41, 5.74) is 4.20. The Balaban J connectivity index is 1.64. The molecule has 1 fully saturated rings. The van der Waals surface area contributed by atoms with Gasteiger partial charge in [0, 0.05) is 61.3 Å². The lowest BCUT2D eigenvalue weighted by atomic mass is 9.74. The molecule has 3 atom stereocenters. The van der Waals surface area contributed by atoms with Crippen molar-refractivity contribution in [2.75, 3.05) is 26.7 Å². The average molecular weight is 381 g/mol. The molecular weight excluding hydrogens is 348 g/mol. The molecule has 2 amide bonds. The van der Waals surface area contributed by atoms with Gasteiger partial charge in [0.2, 0.25) is 0 Å². The number of allylic oxidation sites excluding steroid dienone is 1. The van der Waals surface area contributed by atoms with E-state index in [1.165, 1.54) is 22.0 Å². The Hall–Kier alpha value is -2.27. The molecule has 2 aromatic rings. The molecule has 0 unspecified atom stereocenters. The van der Waals surface area contributed by atoms with Crippen molar-refractivity contribution in [1.29, 1.82) is 0 Å². The van der Waals surface area contributed by atoms with Gasteiger partial charge in [0.05, 0.1) is 0 Å². The maximum absolute atomic E-state index is 12.6. The van der Waals surface area contributed by atoms with Crippen molar-refractivity contribution in [3.05, 3.63) is 48.2 Å². The predicted octanol–water partition coefficient (Wildman–Crippen LogP) is 3.59. The van der Waals surface area contributed by atoms with E-state index in [9.17, 15) is 4.79 Å². The second-order valence-corrected chi connectivity index (χ2v) is 8.21. The van der Waals surface area contributed by atoms with Crippen LogP contribution in [-0.4, -0.2) is 59.2 Å². The number of hydrogen-bond acceptors (Lipinski definition) is 2. The zero-order chi connectivity index (χ0) is 19.8. The number of likely N-dealkylation sites (tertiary alicyclic amines) is 1. The highest BCUT2D eigenvalue weighted by atomic mass is 16.2. The number of benzene rings is 1. The second kappa shape index (κ2) is 7.63. The average Bonchev–Trinajstić information content (AvgIpc) is 3.03. The Kier molecular flexibility index (Phi) is 5.19. The molecule has 4 rings (SSSR count). The van der Waals surface area contributed by atoms with Crippen LogP contribution in [0.2, 0.25) is 0 Å². The summed E-state index contributed by atoms with van der Waals surface area (Å²) in [7, 11) is 2.21. The Labute approximate surface area is 168 Å². The molecule has 1 aliphatic heterocycles. The number of carbonyl (C=O) groups is 1. The fraction of sp³-hybridized carbons (Fsp3) is 0.522. The van der Waals surface area contributed by atoms with Crippen LogP contribution in [0.1, 0.15) is 37.3 Å². The van der Waals surface area contributed by atoms with E-state index in [2.05, 4.69) is 52.8 Å². The number of rotatable bonds is 5. The van der Waals surface area contributed by atoms with Crippen LogP contribution in [-0.2, 0) is 13.0 Å². The van der Waals surface area contributed by atoms with E-state index in [1.54, 1.807) is 0 Å². The summed E-state index contributed by atoms with van der Waals surface area (Å²) in [6, 6.07) is 7.45. The number of piperidine rings is 1. The molecule has 150 valence electrons. The van der Waals surface area contributed by atoms with Gasteiger partial charge in [0.15, 0.2) is 0 Å². The summed E-state index contributed by atoms with van der Waals surface area (Å²) in [6.45, 7) is 11.2. The molecule has 0 radical (unpaired) electrons. The third-order valence-electron chi connectivity index (χ3n) is 6.63. The van der Waals surface area contributed by atoms with Crippen LogP contribution in [0.4, 0.5) is 4.79 Å². The number of hydrogen-bond donors (Lipinski definition) is 1. The molecule has 5 heteroatoms. The molecule has 28 heavy (non-hydrogen) atoms. The molecule has 2 aliphatic rings. The van der Waals surface area contributed by atoms with E-state index >= 15 is 0 Å².